The second kappa shape index (κ2) is 10.2. The van der Waals surface area contributed by atoms with Crippen LogP contribution in [0.1, 0.15) is 78.5 Å². The Morgan fingerprint density at radius 1 is 0.976 bits per heavy atom. The summed E-state index contributed by atoms with van der Waals surface area (Å²) in [5.74, 6) is 2.74. The van der Waals surface area contributed by atoms with E-state index >= 15 is 0 Å². The summed E-state index contributed by atoms with van der Waals surface area (Å²) in [6.45, 7) is 1.31. The molecule has 3 amide bonds. The van der Waals surface area contributed by atoms with E-state index in [9.17, 15) is 14.4 Å². The predicted molar refractivity (Wildman–Crippen MR) is 162 cm³/mol. The zero-order valence-electron chi connectivity index (χ0n) is 23.7. The Morgan fingerprint density at radius 2 is 1.76 bits per heavy atom. The van der Waals surface area contributed by atoms with Gasteiger partial charge in [-0.1, -0.05) is 18.2 Å². The van der Waals surface area contributed by atoms with E-state index in [-0.39, 0.29) is 24.1 Å². The molecule has 2 aromatic carbocycles. The monoisotopic (exact) mass is 580 g/mol. The van der Waals surface area contributed by atoms with E-state index in [1.54, 1.807) is 16.7 Å². The van der Waals surface area contributed by atoms with Crippen molar-refractivity contribution in [3.63, 3.8) is 0 Å². The largest absolute Gasteiger partial charge is 0.322 e. The second-order valence-corrected chi connectivity index (χ2v) is 14.4. The van der Waals surface area contributed by atoms with Crippen LogP contribution in [0.2, 0.25) is 0 Å². The summed E-state index contributed by atoms with van der Waals surface area (Å²) >= 11 is 1.67. The number of nitrogens with zero attached hydrogens (tertiary/aromatic N) is 2. The molecule has 0 spiro atoms. The zero-order valence-corrected chi connectivity index (χ0v) is 24.6. The van der Waals surface area contributed by atoms with Gasteiger partial charge in [0.25, 0.3) is 5.91 Å². The van der Waals surface area contributed by atoms with Crippen molar-refractivity contribution in [1.82, 2.24) is 20.5 Å². The average Bonchev–Trinajstić information content (AvgIpc) is 3.30. The molecule has 6 aliphatic rings. The number of hydrogen-bond donors (Lipinski definition) is 2. The molecule has 42 heavy (non-hydrogen) atoms. The Balaban J connectivity index is 0.931. The highest BCUT2D eigenvalue weighted by Crippen LogP contribution is 2.55. The van der Waals surface area contributed by atoms with Gasteiger partial charge in [0, 0.05) is 46.6 Å². The number of carbonyl (C=O) groups is 3. The molecule has 1 saturated heterocycles. The number of carbonyl (C=O) groups excluding carboxylic acids is 3. The van der Waals surface area contributed by atoms with Crippen molar-refractivity contribution in [2.75, 3.05) is 0 Å². The summed E-state index contributed by atoms with van der Waals surface area (Å²) in [7, 11) is 0. The SMILES string of the molecule is O=C1CCC(N2Cc3c(SCc4ccc5cc(CNC67CC8CC(CC(C8)C6)C7)ccc5n4)cccc3C2=O)C(=O)N1. The van der Waals surface area contributed by atoms with Gasteiger partial charge in [-0.05, 0) is 104 Å². The molecule has 1 atom stereocenters. The number of aromatic nitrogens is 1. The summed E-state index contributed by atoms with van der Waals surface area (Å²) in [5, 5.41) is 7.57. The van der Waals surface area contributed by atoms with Gasteiger partial charge in [-0.3, -0.25) is 24.7 Å². The van der Waals surface area contributed by atoms with E-state index in [0.29, 0.717) is 29.8 Å². The third-order valence-electron chi connectivity index (χ3n) is 10.4. The molecular formula is C34H36N4O3S. The summed E-state index contributed by atoms with van der Waals surface area (Å²) in [6.07, 6.45) is 9.12. The van der Waals surface area contributed by atoms with E-state index in [2.05, 4.69) is 41.0 Å². The molecule has 5 fully saturated rings. The molecule has 3 heterocycles. The Labute approximate surface area is 250 Å². The average molecular weight is 581 g/mol. The first-order valence-electron chi connectivity index (χ1n) is 15.4. The van der Waals surface area contributed by atoms with Crippen LogP contribution < -0.4 is 10.6 Å². The highest BCUT2D eigenvalue weighted by molar-refractivity contribution is 7.98. The van der Waals surface area contributed by atoms with Crippen LogP contribution in [0.3, 0.4) is 0 Å². The van der Waals surface area contributed by atoms with E-state index in [4.69, 9.17) is 4.98 Å². The standard InChI is InChI=1S/C34H36N4O3S/c39-31-9-8-29(32(40)37-31)38-18-27-26(33(38)41)2-1-3-30(27)42-19-25-6-5-24-13-20(4-7-28(24)36-25)17-35-34-14-21-10-22(15-34)12-23(11-21)16-34/h1-7,13,21-23,29,35H,8-12,14-19H2,(H,37,39,40). The molecule has 3 aromatic rings. The fraction of sp³-hybridized carbons (Fsp3) is 0.471. The fourth-order valence-corrected chi connectivity index (χ4v) is 9.86. The Bertz CT molecular complexity index is 1580. The minimum atomic E-state index is -0.602. The number of benzene rings is 2. The lowest BCUT2D eigenvalue weighted by molar-refractivity contribution is -0.136. The molecule has 7 nitrogen and oxygen atoms in total. The van der Waals surface area contributed by atoms with Gasteiger partial charge < -0.3 is 10.2 Å². The third kappa shape index (κ3) is 4.73. The van der Waals surface area contributed by atoms with Crippen molar-refractivity contribution in [2.24, 2.45) is 17.8 Å². The molecule has 2 aliphatic heterocycles. The number of pyridine rings is 1. The smallest absolute Gasteiger partial charge is 0.255 e. The van der Waals surface area contributed by atoms with Crippen LogP contribution in [0.25, 0.3) is 10.9 Å². The van der Waals surface area contributed by atoms with Gasteiger partial charge in [0.2, 0.25) is 11.8 Å². The van der Waals surface area contributed by atoms with Gasteiger partial charge in [-0.15, -0.1) is 11.8 Å². The van der Waals surface area contributed by atoms with Gasteiger partial charge in [0.05, 0.1) is 11.2 Å². The van der Waals surface area contributed by atoms with Crippen molar-refractivity contribution in [3.8, 4) is 0 Å². The normalized spacial score (nSPS) is 29.8. The minimum absolute atomic E-state index is 0.140. The first-order valence-corrected chi connectivity index (χ1v) is 16.4. The maximum atomic E-state index is 13.2. The predicted octanol–water partition coefficient (Wildman–Crippen LogP) is 5.35. The number of thioether (sulfide) groups is 1. The molecule has 4 saturated carbocycles. The number of fused-ring (bicyclic) bond motifs is 2. The van der Waals surface area contributed by atoms with Crippen LogP contribution in [0, 0.1) is 17.8 Å². The van der Waals surface area contributed by atoms with Crippen molar-refractivity contribution >= 4 is 40.4 Å². The first-order chi connectivity index (χ1) is 20.4. The third-order valence-corrected chi connectivity index (χ3v) is 11.6. The Kier molecular flexibility index (Phi) is 6.41. The molecule has 4 bridgehead atoms. The van der Waals surface area contributed by atoms with Crippen LogP contribution >= 0.6 is 11.8 Å². The van der Waals surface area contributed by atoms with Crippen molar-refractivity contribution in [3.05, 3.63) is 70.9 Å². The fourth-order valence-electron chi connectivity index (χ4n) is 8.87. The first kappa shape index (κ1) is 26.4. The maximum Gasteiger partial charge on any atom is 0.255 e. The molecule has 9 rings (SSSR count). The topological polar surface area (TPSA) is 91.4 Å². The summed E-state index contributed by atoms with van der Waals surface area (Å²) in [5.41, 5.74) is 5.29. The zero-order chi connectivity index (χ0) is 28.4. The molecule has 216 valence electrons. The van der Waals surface area contributed by atoms with Crippen molar-refractivity contribution < 1.29 is 14.4 Å². The van der Waals surface area contributed by atoms with Crippen LogP contribution in [0.15, 0.2) is 53.4 Å². The molecule has 1 aromatic heterocycles. The van der Waals surface area contributed by atoms with Gasteiger partial charge in [0.15, 0.2) is 0 Å². The minimum Gasteiger partial charge on any atom is -0.322 e. The number of piperidine rings is 1. The van der Waals surface area contributed by atoms with Gasteiger partial charge >= 0.3 is 0 Å². The Hall–Kier alpha value is -3.23. The summed E-state index contributed by atoms with van der Waals surface area (Å²) < 4.78 is 0. The number of hydrogen-bond acceptors (Lipinski definition) is 6. The van der Waals surface area contributed by atoms with Crippen LogP contribution in [0.4, 0.5) is 0 Å². The lowest BCUT2D eigenvalue weighted by Gasteiger charge is -2.57. The highest BCUT2D eigenvalue weighted by atomic mass is 32.2. The second-order valence-electron chi connectivity index (χ2n) is 13.4. The van der Waals surface area contributed by atoms with Gasteiger partial charge in [-0.25, -0.2) is 0 Å². The number of rotatable bonds is 7. The van der Waals surface area contributed by atoms with Crippen LogP contribution in [0.5, 0.6) is 0 Å². The van der Waals surface area contributed by atoms with E-state index in [0.717, 1.165) is 46.0 Å². The van der Waals surface area contributed by atoms with Crippen molar-refractivity contribution in [2.45, 2.75) is 86.7 Å². The van der Waals surface area contributed by atoms with Gasteiger partial charge in [0.1, 0.15) is 6.04 Å². The molecule has 1 unspecified atom stereocenters. The number of imide groups is 1. The molecule has 4 aliphatic carbocycles. The molecule has 8 heteroatoms. The maximum absolute atomic E-state index is 13.2. The van der Waals surface area contributed by atoms with E-state index in [1.165, 1.54) is 49.5 Å². The molecule has 0 radical (unpaired) electrons. The van der Waals surface area contributed by atoms with E-state index in [1.807, 2.05) is 18.2 Å². The molecular weight excluding hydrogens is 544 g/mol. The van der Waals surface area contributed by atoms with Crippen LogP contribution in [-0.4, -0.2) is 39.2 Å². The van der Waals surface area contributed by atoms with Crippen molar-refractivity contribution in [1.29, 1.82) is 0 Å². The summed E-state index contributed by atoms with van der Waals surface area (Å²) in [4.78, 5) is 44.8. The number of nitrogens with one attached hydrogen (secondary N) is 2. The lowest BCUT2D eigenvalue weighted by atomic mass is 9.53. The number of amides is 3. The molecule has 2 N–H and O–H groups in total. The Morgan fingerprint density at radius 3 is 2.52 bits per heavy atom. The highest BCUT2D eigenvalue weighted by Gasteiger charge is 2.50. The van der Waals surface area contributed by atoms with Gasteiger partial charge in [-0.2, -0.15) is 0 Å². The quantitative estimate of drug-likeness (QED) is 0.289. The lowest BCUT2D eigenvalue weighted by Crippen LogP contribution is -2.58. The summed E-state index contributed by atoms with van der Waals surface area (Å²) in [6, 6.07) is 16.1. The van der Waals surface area contributed by atoms with Crippen LogP contribution in [-0.2, 0) is 28.4 Å². The van der Waals surface area contributed by atoms with E-state index < -0.39 is 6.04 Å².